The SMILES string of the molecule is CC(=O)N[C@@H](CS)C(=O)Oc1cccc2ccccc12. The van der Waals surface area contributed by atoms with E-state index in [0.717, 1.165) is 10.8 Å². The number of fused-ring (bicyclic) bond motifs is 1. The van der Waals surface area contributed by atoms with Crippen molar-refractivity contribution in [3.05, 3.63) is 42.5 Å². The minimum Gasteiger partial charge on any atom is -0.424 e. The van der Waals surface area contributed by atoms with Crippen molar-refractivity contribution in [2.45, 2.75) is 13.0 Å². The third-order valence-electron chi connectivity index (χ3n) is 2.80. The Morgan fingerprint density at radius 3 is 2.60 bits per heavy atom. The lowest BCUT2D eigenvalue weighted by molar-refractivity contribution is -0.138. The van der Waals surface area contributed by atoms with E-state index in [-0.39, 0.29) is 11.7 Å². The molecule has 0 aliphatic carbocycles. The molecule has 0 saturated heterocycles. The molecule has 0 aromatic heterocycles. The highest BCUT2D eigenvalue weighted by Gasteiger charge is 2.20. The molecule has 0 spiro atoms. The summed E-state index contributed by atoms with van der Waals surface area (Å²) in [4.78, 5) is 23.1. The Hall–Kier alpha value is -2.01. The van der Waals surface area contributed by atoms with Crippen LogP contribution in [-0.4, -0.2) is 23.7 Å². The molecule has 1 amide bonds. The summed E-state index contributed by atoms with van der Waals surface area (Å²) < 4.78 is 5.38. The topological polar surface area (TPSA) is 55.4 Å². The molecule has 20 heavy (non-hydrogen) atoms. The monoisotopic (exact) mass is 289 g/mol. The van der Waals surface area contributed by atoms with Crippen LogP contribution in [0.2, 0.25) is 0 Å². The van der Waals surface area contributed by atoms with Crippen molar-refractivity contribution in [3.8, 4) is 5.75 Å². The van der Waals surface area contributed by atoms with Gasteiger partial charge in [-0.15, -0.1) is 0 Å². The molecule has 0 aliphatic heterocycles. The maximum absolute atomic E-state index is 12.0. The lowest BCUT2D eigenvalue weighted by Crippen LogP contribution is -2.43. The fourth-order valence-corrected chi connectivity index (χ4v) is 2.13. The van der Waals surface area contributed by atoms with Crippen LogP contribution in [0.4, 0.5) is 0 Å². The quantitative estimate of drug-likeness (QED) is 0.515. The lowest BCUT2D eigenvalue weighted by atomic mass is 10.1. The zero-order valence-electron chi connectivity index (χ0n) is 11.0. The summed E-state index contributed by atoms with van der Waals surface area (Å²) in [5, 5.41) is 4.34. The van der Waals surface area contributed by atoms with Gasteiger partial charge in [-0.25, -0.2) is 4.79 Å². The Bertz CT molecular complexity index is 637. The van der Waals surface area contributed by atoms with Crippen molar-refractivity contribution in [2.24, 2.45) is 0 Å². The van der Waals surface area contributed by atoms with Gasteiger partial charge in [0.1, 0.15) is 11.8 Å². The van der Waals surface area contributed by atoms with Crippen LogP contribution in [-0.2, 0) is 9.59 Å². The summed E-state index contributed by atoms with van der Waals surface area (Å²) in [7, 11) is 0. The molecule has 1 atom stereocenters. The van der Waals surface area contributed by atoms with Gasteiger partial charge in [0.25, 0.3) is 0 Å². The highest BCUT2D eigenvalue weighted by molar-refractivity contribution is 7.80. The Labute approximate surface area is 122 Å². The normalized spacial score (nSPS) is 11.9. The molecule has 0 unspecified atom stereocenters. The van der Waals surface area contributed by atoms with Crippen molar-refractivity contribution < 1.29 is 14.3 Å². The van der Waals surface area contributed by atoms with E-state index in [2.05, 4.69) is 17.9 Å². The average molecular weight is 289 g/mol. The van der Waals surface area contributed by atoms with Gasteiger partial charge in [-0.2, -0.15) is 12.6 Å². The predicted molar refractivity (Wildman–Crippen MR) is 81.0 cm³/mol. The van der Waals surface area contributed by atoms with Gasteiger partial charge in [0, 0.05) is 18.1 Å². The predicted octanol–water partition coefficient (Wildman–Crippen LogP) is 2.18. The van der Waals surface area contributed by atoms with Gasteiger partial charge in [-0.3, -0.25) is 4.79 Å². The third-order valence-corrected chi connectivity index (χ3v) is 3.17. The summed E-state index contributed by atoms with van der Waals surface area (Å²) in [6, 6.07) is 12.3. The van der Waals surface area contributed by atoms with Crippen LogP contribution in [0.5, 0.6) is 5.75 Å². The number of amides is 1. The number of ether oxygens (including phenoxy) is 1. The highest BCUT2D eigenvalue weighted by Crippen LogP contribution is 2.25. The number of thiol groups is 1. The smallest absolute Gasteiger partial charge is 0.334 e. The van der Waals surface area contributed by atoms with Crippen LogP contribution in [0, 0.1) is 0 Å². The second kappa shape index (κ2) is 6.43. The summed E-state index contributed by atoms with van der Waals surface area (Å²) in [6.45, 7) is 1.35. The van der Waals surface area contributed by atoms with Crippen LogP contribution >= 0.6 is 12.6 Å². The molecule has 104 valence electrons. The van der Waals surface area contributed by atoms with Gasteiger partial charge in [-0.05, 0) is 11.5 Å². The van der Waals surface area contributed by atoms with Gasteiger partial charge in [0.2, 0.25) is 5.91 Å². The minimum absolute atomic E-state index is 0.184. The molecular weight excluding hydrogens is 274 g/mol. The fraction of sp³-hybridized carbons (Fsp3) is 0.200. The summed E-state index contributed by atoms with van der Waals surface area (Å²) in [5.41, 5.74) is 0. The first kappa shape index (κ1) is 14.4. The number of hydrogen-bond donors (Lipinski definition) is 2. The van der Waals surface area contributed by atoms with Crippen molar-refractivity contribution >= 4 is 35.3 Å². The Kier molecular flexibility index (Phi) is 4.63. The van der Waals surface area contributed by atoms with E-state index in [0.29, 0.717) is 5.75 Å². The van der Waals surface area contributed by atoms with E-state index in [1.54, 1.807) is 6.07 Å². The summed E-state index contributed by atoms with van der Waals surface area (Å²) in [5.74, 6) is -0.154. The van der Waals surface area contributed by atoms with Crippen LogP contribution < -0.4 is 10.1 Å². The van der Waals surface area contributed by atoms with E-state index in [1.165, 1.54) is 6.92 Å². The van der Waals surface area contributed by atoms with Crippen molar-refractivity contribution in [1.82, 2.24) is 5.32 Å². The molecule has 0 aliphatic rings. The largest absolute Gasteiger partial charge is 0.424 e. The van der Waals surface area contributed by atoms with E-state index in [1.807, 2.05) is 36.4 Å². The molecule has 1 N–H and O–H groups in total. The zero-order valence-corrected chi connectivity index (χ0v) is 11.9. The molecule has 0 radical (unpaired) electrons. The number of hydrogen-bond acceptors (Lipinski definition) is 4. The molecule has 0 saturated carbocycles. The summed E-state index contributed by atoms with van der Waals surface area (Å²) >= 11 is 4.05. The maximum Gasteiger partial charge on any atom is 0.334 e. The first-order valence-corrected chi connectivity index (χ1v) is 6.82. The van der Waals surface area contributed by atoms with Crippen LogP contribution in [0.1, 0.15) is 6.92 Å². The zero-order chi connectivity index (χ0) is 14.5. The molecule has 0 heterocycles. The van der Waals surface area contributed by atoms with Crippen molar-refractivity contribution in [1.29, 1.82) is 0 Å². The Morgan fingerprint density at radius 2 is 1.90 bits per heavy atom. The van der Waals surface area contributed by atoms with E-state index < -0.39 is 12.0 Å². The summed E-state index contributed by atoms with van der Waals surface area (Å²) in [6.07, 6.45) is 0. The molecular formula is C15H15NO3S. The molecule has 4 nitrogen and oxygen atoms in total. The molecule has 0 bridgehead atoms. The van der Waals surface area contributed by atoms with Gasteiger partial charge in [0.05, 0.1) is 0 Å². The van der Waals surface area contributed by atoms with Gasteiger partial charge >= 0.3 is 5.97 Å². The number of carbonyl (C=O) groups is 2. The second-order valence-corrected chi connectivity index (χ2v) is 4.70. The standard InChI is InChI=1S/C15H15NO3S/c1-10(17)16-13(9-20)15(18)19-14-8-4-6-11-5-2-3-7-12(11)14/h2-8,13,20H,9H2,1H3,(H,16,17)/t13-/m0/s1. The van der Waals surface area contributed by atoms with Crippen LogP contribution in [0.25, 0.3) is 10.8 Å². The van der Waals surface area contributed by atoms with E-state index in [9.17, 15) is 9.59 Å². The number of carbonyl (C=O) groups excluding carboxylic acids is 2. The number of rotatable bonds is 4. The second-order valence-electron chi connectivity index (χ2n) is 4.33. The maximum atomic E-state index is 12.0. The molecule has 0 fully saturated rings. The van der Waals surface area contributed by atoms with Crippen LogP contribution in [0.15, 0.2) is 42.5 Å². The highest BCUT2D eigenvalue weighted by atomic mass is 32.1. The van der Waals surface area contributed by atoms with E-state index in [4.69, 9.17) is 4.74 Å². The Balaban J connectivity index is 2.23. The lowest BCUT2D eigenvalue weighted by Gasteiger charge is -2.15. The minimum atomic E-state index is -0.755. The Morgan fingerprint density at radius 1 is 1.20 bits per heavy atom. The molecule has 2 rings (SSSR count). The molecule has 2 aromatic carbocycles. The van der Waals surface area contributed by atoms with E-state index >= 15 is 0 Å². The average Bonchev–Trinajstić information content (AvgIpc) is 2.45. The number of esters is 1. The first-order valence-electron chi connectivity index (χ1n) is 6.19. The van der Waals surface area contributed by atoms with Crippen molar-refractivity contribution in [2.75, 3.05) is 5.75 Å². The van der Waals surface area contributed by atoms with Gasteiger partial charge < -0.3 is 10.1 Å². The van der Waals surface area contributed by atoms with Gasteiger partial charge in [0.15, 0.2) is 0 Å². The van der Waals surface area contributed by atoms with Crippen LogP contribution in [0.3, 0.4) is 0 Å². The van der Waals surface area contributed by atoms with Gasteiger partial charge in [-0.1, -0.05) is 36.4 Å². The molecule has 2 aromatic rings. The first-order chi connectivity index (χ1) is 9.61. The number of benzene rings is 2. The number of nitrogens with one attached hydrogen (secondary N) is 1. The van der Waals surface area contributed by atoms with Crippen molar-refractivity contribution in [3.63, 3.8) is 0 Å². The fourth-order valence-electron chi connectivity index (χ4n) is 1.89. The third kappa shape index (κ3) is 3.30. The molecule has 5 heteroatoms.